The first-order valence-electron chi connectivity index (χ1n) is 8.67. The van der Waals surface area contributed by atoms with E-state index in [9.17, 15) is 4.79 Å². The average molecular weight is 333 g/mol. The van der Waals surface area contributed by atoms with Crippen molar-refractivity contribution >= 4 is 5.91 Å². The van der Waals surface area contributed by atoms with Crippen molar-refractivity contribution in [2.75, 3.05) is 6.54 Å². The lowest BCUT2D eigenvalue weighted by molar-refractivity contribution is -0.120. The summed E-state index contributed by atoms with van der Waals surface area (Å²) in [7, 11) is 0. The van der Waals surface area contributed by atoms with Crippen molar-refractivity contribution in [3.63, 3.8) is 0 Å². The zero-order valence-electron chi connectivity index (χ0n) is 14.4. The Kier molecular flexibility index (Phi) is 5.62. The lowest BCUT2D eigenvalue weighted by Gasteiger charge is -2.16. The van der Waals surface area contributed by atoms with Gasteiger partial charge in [-0.05, 0) is 29.7 Å². The van der Waals surface area contributed by atoms with Gasteiger partial charge in [-0.2, -0.15) is 5.10 Å². The van der Waals surface area contributed by atoms with E-state index in [0.717, 1.165) is 17.7 Å². The van der Waals surface area contributed by atoms with E-state index in [1.807, 2.05) is 54.7 Å². The average Bonchev–Trinajstić information content (AvgIpc) is 3.12. The number of hydrogen-bond donors (Lipinski definition) is 1. The van der Waals surface area contributed by atoms with Crippen LogP contribution in [0.4, 0.5) is 0 Å². The van der Waals surface area contributed by atoms with Crippen molar-refractivity contribution < 1.29 is 4.79 Å². The fourth-order valence-corrected chi connectivity index (χ4v) is 2.88. The zero-order chi connectivity index (χ0) is 17.5. The Labute approximate surface area is 148 Å². The first-order chi connectivity index (χ1) is 12.3. The first-order valence-corrected chi connectivity index (χ1v) is 8.67. The van der Waals surface area contributed by atoms with Gasteiger partial charge in [0.25, 0.3) is 0 Å². The van der Waals surface area contributed by atoms with E-state index in [1.54, 1.807) is 10.9 Å². The molecular formula is C21H23N3O. The molecule has 0 bridgehead atoms. The molecule has 0 fully saturated rings. The summed E-state index contributed by atoms with van der Waals surface area (Å²) in [6.07, 6.45) is 5.00. The van der Waals surface area contributed by atoms with Gasteiger partial charge in [-0.25, -0.2) is 4.68 Å². The van der Waals surface area contributed by atoms with Crippen LogP contribution in [-0.2, 0) is 11.2 Å². The number of nitrogens with zero attached hydrogens (tertiary/aromatic N) is 2. The molecule has 1 N–H and O–H groups in total. The molecule has 0 aliphatic carbocycles. The van der Waals surface area contributed by atoms with Crippen LogP contribution in [0.2, 0.25) is 0 Å². The maximum atomic E-state index is 12.3. The largest absolute Gasteiger partial charge is 0.355 e. The molecule has 0 spiro atoms. The molecule has 1 unspecified atom stereocenters. The molecule has 1 aromatic heterocycles. The Hall–Kier alpha value is -2.88. The van der Waals surface area contributed by atoms with E-state index < -0.39 is 0 Å². The highest BCUT2D eigenvalue weighted by molar-refractivity contribution is 5.78. The highest BCUT2D eigenvalue weighted by Crippen LogP contribution is 2.18. The van der Waals surface area contributed by atoms with Crippen molar-refractivity contribution in [3.8, 4) is 5.69 Å². The van der Waals surface area contributed by atoms with Crippen LogP contribution in [0.25, 0.3) is 5.69 Å². The molecule has 0 saturated carbocycles. The van der Waals surface area contributed by atoms with Gasteiger partial charge in [0.2, 0.25) is 5.91 Å². The smallest absolute Gasteiger partial charge is 0.224 e. The summed E-state index contributed by atoms with van der Waals surface area (Å²) in [5.41, 5.74) is 3.17. The minimum atomic E-state index is 0.0296. The number of nitrogens with one attached hydrogen (secondary N) is 1. The molecule has 1 atom stereocenters. The number of carbonyl (C=O) groups excluding carboxylic acids is 1. The second-order valence-corrected chi connectivity index (χ2v) is 6.13. The molecule has 1 heterocycles. The van der Waals surface area contributed by atoms with E-state index in [4.69, 9.17) is 0 Å². The minimum Gasteiger partial charge on any atom is -0.355 e. The summed E-state index contributed by atoms with van der Waals surface area (Å²) in [6.45, 7) is 2.81. The maximum Gasteiger partial charge on any atom is 0.224 e. The lowest BCUT2D eigenvalue weighted by atomic mass is 9.96. The monoisotopic (exact) mass is 333 g/mol. The maximum absolute atomic E-state index is 12.3. The van der Waals surface area contributed by atoms with E-state index >= 15 is 0 Å². The number of carbonyl (C=O) groups is 1. The van der Waals surface area contributed by atoms with E-state index in [0.29, 0.717) is 18.9 Å². The van der Waals surface area contributed by atoms with Gasteiger partial charge in [0.05, 0.1) is 18.3 Å². The van der Waals surface area contributed by atoms with Gasteiger partial charge in [0, 0.05) is 18.7 Å². The number of para-hydroxylation sites is 1. The summed E-state index contributed by atoms with van der Waals surface area (Å²) >= 11 is 0. The molecule has 3 aromatic rings. The Balaban J connectivity index is 1.55. The van der Waals surface area contributed by atoms with Crippen molar-refractivity contribution in [1.29, 1.82) is 0 Å². The van der Waals surface area contributed by atoms with E-state index in [1.165, 1.54) is 5.56 Å². The van der Waals surface area contributed by atoms with Gasteiger partial charge in [0.1, 0.15) is 0 Å². The highest BCUT2D eigenvalue weighted by Gasteiger charge is 2.12. The Bertz CT molecular complexity index is 796. The van der Waals surface area contributed by atoms with E-state index in [-0.39, 0.29) is 5.91 Å². The number of amides is 1. The van der Waals surface area contributed by atoms with E-state index in [2.05, 4.69) is 29.5 Å². The highest BCUT2D eigenvalue weighted by atomic mass is 16.1. The molecule has 0 saturated heterocycles. The van der Waals surface area contributed by atoms with Crippen LogP contribution in [-0.4, -0.2) is 22.2 Å². The summed E-state index contributed by atoms with van der Waals surface area (Å²) in [5, 5.41) is 7.39. The molecule has 4 heteroatoms. The van der Waals surface area contributed by atoms with Crippen molar-refractivity contribution in [3.05, 3.63) is 84.2 Å². The Morgan fingerprint density at radius 2 is 1.76 bits per heavy atom. The van der Waals surface area contributed by atoms with Gasteiger partial charge >= 0.3 is 0 Å². The van der Waals surface area contributed by atoms with Crippen LogP contribution in [0, 0.1) is 0 Å². The van der Waals surface area contributed by atoms with Gasteiger partial charge in [0.15, 0.2) is 0 Å². The van der Waals surface area contributed by atoms with Crippen LogP contribution in [0.3, 0.4) is 0 Å². The number of benzene rings is 2. The number of aromatic nitrogens is 2. The normalized spacial score (nSPS) is 11.9. The predicted octanol–water partition coefficient (Wildman–Crippen LogP) is 3.72. The third kappa shape index (κ3) is 4.57. The molecule has 3 rings (SSSR count). The molecule has 0 aliphatic heterocycles. The molecule has 1 amide bonds. The second kappa shape index (κ2) is 8.29. The minimum absolute atomic E-state index is 0.0296. The predicted molar refractivity (Wildman–Crippen MR) is 99.8 cm³/mol. The lowest BCUT2D eigenvalue weighted by Crippen LogP contribution is -2.29. The molecule has 4 nitrogen and oxygen atoms in total. The van der Waals surface area contributed by atoms with Gasteiger partial charge in [-0.3, -0.25) is 4.79 Å². The quantitative estimate of drug-likeness (QED) is 0.716. The molecular weight excluding hydrogens is 310 g/mol. The Morgan fingerprint density at radius 1 is 1.08 bits per heavy atom. The van der Waals surface area contributed by atoms with Crippen LogP contribution in [0.1, 0.15) is 30.4 Å². The fraction of sp³-hybridized carbons (Fsp3) is 0.238. The molecule has 0 radical (unpaired) electrons. The van der Waals surface area contributed by atoms with Gasteiger partial charge in [-0.1, -0.05) is 55.5 Å². The van der Waals surface area contributed by atoms with Crippen LogP contribution >= 0.6 is 0 Å². The Morgan fingerprint density at radius 3 is 2.44 bits per heavy atom. The van der Waals surface area contributed by atoms with Crippen molar-refractivity contribution in [1.82, 2.24) is 15.1 Å². The number of rotatable bonds is 7. The molecule has 25 heavy (non-hydrogen) atoms. The number of hydrogen-bond acceptors (Lipinski definition) is 2. The van der Waals surface area contributed by atoms with Gasteiger partial charge < -0.3 is 5.32 Å². The zero-order valence-corrected chi connectivity index (χ0v) is 14.4. The molecule has 0 aliphatic rings. The topological polar surface area (TPSA) is 46.9 Å². The van der Waals surface area contributed by atoms with Crippen LogP contribution in [0.15, 0.2) is 73.1 Å². The standard InChI is InChI=1S/C21H23N3O/c1-2-18(19-9-5-3-6-10-19)15-22-21(25)13-17-14-23-24(16-17)20-11-7-4-8-12-20/h3-12,14,16,18H,2,13,15H2,1H3,(H,22,25). The van der Waals surface area contributed by atoms with Crippen LogP contribution < -0.4 is 5.32 Å². The van der Waals surface area contributed by atoms with Crippen LogP contribution in [0.5, 0.6) is 0 Å². The second-order valence-electron chi connectivity index (χ2n) is 6.13. The van der Waals surface area contributed by atoms with Crippen molar-refractivity contribution in [2.24, 2.45) is 0 Å². The first kappa shape index (κ1) is 17.0. The molecule has 128 valence electrons. The van der Waals surface area contributed by atoms with Gasteiger partial charge in [-0.15, -0.1) is 0 Å². The SMILES string of the molecule is CCC(CNC(=O)Cc1cnn(-c2ccccc2)c1)c1ccccc1. The summed E-state index contributed by atoms with van der Waals surface area (Å²) < 4.78 is 1.79. The third-order valence-corrected chi connectivity index (χ3v) is 4.33. The summed E-state index contributed by atoms with van der Waals surface area (Å²) in [6, 6.07) is 20.2. The van der Waals surface area contributed by atoms with Crippen molar-refractivity contribution in [2.45, 2.75) is 25.7 Å². The summed E-state index contributed by atoms with van der Waals surface area (Å²) in [5.74, 6) is 0.374. The molecule has 2 aromatic carbocycles. The fourth-order valence-electron chi connectivity index (χ4n) is 2.88. The summed E-state index contributed by atoms with van der Waals surface area (Å²) in [4.78, 5) is 12.3. The third-order valence-electron chi connectivity index (χ3n) is 4.33.